The molecule has 0 spiro atoms. The van der Waals surface area contributed by atoms with E-state index >= 15 is 0 Å². The van der Waals surface area contributed by atoms with Crippen LogP contribution in [0.5, 0.6) is 5.75 Å². The maximum Gasteiger partial charge on any atom is 0.261 e. The van der Waals surface area contributed by atoms with E-state index in [1.54, 1.807) is 31.4 Å². The van der Waals surface area contributed by atoms with E-state index in [-0.39, 0.29) is 10.8 Å². The first-order chi connectivity index (χ1) is 13.9. The lowest BCUT2D eigenvalue weighted by atomic mass is 10.2. The first kappa shape index (κ1) is 20.7. The van der Waals surface area contributed by atoms with E-state index in [9.17, 15) is 13.2 Å². The van der Waals surface area contributed by atoms with Crippen molar-refractivity contribution in [2.24, 2.45) is 0 Å². The highest BCUT2D eigenvalue weighted by Crippen LogP contribution is 2.19. The van der Waals surface area contributed by atoms with Gasteiger partial charge in [-0.25, -0.2) is 8.42 Å². The molecule has 0 fully saturated rings. The molecular weight excluding hydrogens is 412 g/mol. The molecule has 0 aromatic heterocycles. The van der Waals surface area contributed by atoms with Crippen LogP contribution in [0.3, 0.4) is 0 Å². The third-order valence-corrected chi connectivity index (χ3v) is 5.80. The van der Waals surface area contributed by atoms with E-state index in [4.69, 9.17) is 16.3 Å². The normalized spacial score (nSPS) is 11.0. The second-order valence-electron chi connectivity index (χ2n) is 6.13. The molecular formula is C21H19ClN2O4S. The van der Waals surface area contributed by atoms with Crippen LogP contribution in [0.1, 0.15) is 15.9 Å². The molecule has 3 aromatic rings. The number of nitrogens with one attached hydrogen (secondary N) is 2. The number of methoxy groups -OCH3 is 1. The van der Waals surface area contributed by atoms with Crippen LogP contribution in [-0.2, 0) is 16.6 Å². The molecule has 0 saturated heterocycles. The Labute approximate surface area is 174 Å². The van der Waals surface area contributed by atoms with Gasteiger partial charge in [-0.05, 0) is 54.6 Å². The Balaban J connectivity index is 1.67. The number of hydrogen-bond acceptors (Lipinski definition) is 4. The smallest absolute Gasteiger partial charge is 0.261 e. The highest BCUT2D eigenvalue weighted by Gasteiger charge is 2.15. The van der Waals surface area contributed by atoms with E-state index < -0.39 is 10.0 Å². The van der Waals surface area contributed by atoms with Crippen molar-refractivity contribution >= 4 is 33.2 Å². The van der Waals surface area contributed by atoms with Crippen molar-refractivity contribution < 1.29 is 17.9 Å². The number of carbonyl (C=O) groups is 1. The monoisotopic (exact) mass is 430 g/mol. The summed E-state index contributed by atoms with van der Waals surface area (Å²) in [6.07, 6.45) is 0. The van der Waals surface area contributed by atoms with Crippen LogP contribution in [-0.4, -0.2) is 21.4 Å². The molecule has 0 aliphatic rings. The van der Waals surface area contributed by atoms with Gasteiger partial charge >= 0.3 is 0 Å². The predicted octanol–water partition coefficient (Wildman–Crippen LogP) is 4.08. The number of para-hydroxylation sites is 1. The van der Waals surface area contributed by atoms with Crippen molar-refractivity contribution in [2.75, 3.05) is 11.8 Å². The van der Waals surface area contributed by atoms with Gasteiger partial charge in [-0.2, -0.15) is 0 Å². The fourth-order valence-corrected chi connectivity index (χ4v) is 3.83. The number of anilines is 1. The molecule has 3 rings (SSSR count). The summed E-state index contributed by atoms with van der Waals surface area (Å²) >= 11 is 5.81. The molecule has 0 radical (unpaired) electrons. The zero-order chi connectivity index (χ0) is 20.9. The summed E-state index contributed by atoms with van der Waals surface area (Å²) < 4.78 is 32.7. The number of carbonyl (C=O) groups excluding carboxylic acids is 1. The Morgan fingerprint density at radius 1 is 0.966 bits per heavy atom. The van der Waals surface area contributed by atoms with Crippen LogP contribution in [0.2, 0.25) is 5.02 Å². The fourth-order valence-electron chi connectivity index (χ4n) is 2.64. The van der Waals surface area contributed by atoms with Crippen LogP contribution in [0.15, 0.2) is 77.7 Å². The molecule has 0 atom stereocenters. The maximum atomic E-state index is 12.5. The first-order valence-electron chi connectivity index (χ1n) is 8.67. The Morgan fingerprint density at radius 2 is 1.62 bits per heavy atom. The number of benzene rings is 3. The van der Waals surface area contributed by atoms with Crippen molar-refractivity contribution in [1.29, 1.82) is 0 Å². The van der Waals surface area contributed by atoms with Gasteiger partial charge in [0.15, 0.2) is 0 Å². The number of ether oxygens (including phenoxy) is 1. The molecule has 0 bridgehead atoms. The number of halogens is 1. The van der Waals surface area contributed by atoms with Gasteiger partial charge in [0.05, 0.1) is 12.0 Å². The van der Waals surface area contributed by atoms with Crippen LogP contribution >= 0.6 is 11.6 Å². The summed E-state index contributed by atoms with van der Waals surface area (Å²) in [5.74, 6) is 0.369. The second kappa shape index (κ2) is 8.98. The Bertz CT molecular complexity index is 1100. The molecule has 150 valence electrons. The van der Waals surface area contributed by atoms with E-state index in [0.29, 0.717) is 28.6 Å². The van der Waals surface area contributed by atoms with Crippen LogP contribution in [0, 0.1) is 0 Å². The molecule has 3 aromatic carbocycles. The van der Waals surface area contributed by atoms with Crippen molar-refractivity contribution in [3.63, 3.8) is 0 Å². The predicted molar refractivity (Wildman–Crippen MR) is 113 cm³/mol. The zero-order valence-corrected chi connectivity index (χ0v) is 17.1. The molecule has 8 heteroatoms. The molecule has 6 nitrogen and oxygen atoms in total. The lowest BCUT2D eigenvalue weighted by molar-refractivity contribution is 0.0950. The molecule has 0 aliphatic carbocycles. The molecule has 0 heterocycles. The van der Waals surface area contributed by atoms with Crippen molar-refractivity contribution in [3.8, 4) is 5.75 Å². The SMILES string of the molecule is COc1ccccc1CNC(=O)c1ccc(S(=O)(=O)Nc2ccc(Cl)cc2)cc1. The van der Waals surface area contributed by atoms with Crippen molar-refractivity contribution in [2.45, 2.75) is 11.4 Å². The minimum absolute atomic E-state index is 0.0497. The second-order valence-corrected chi connectivity index (χ2v) is 8.25. The Morgan fingerprint density at radius 3 is 2.28 bits per heavy atom. The Hall–Kier alpha value is -3.03. The van der Waals surface area contributed by atoms with Crippen LogP contribution in [0.4, 0.5) is 5.69 Å². The van der Waals surface area contributed by atoms with E-state index in [2.05, 4.69) is 10.0 Å². The summed E-state index contributed by atoms with van der Waals surface area (Å²) in [4.78, 5) is 12.4. The summed E-state index contributed by atoms with van der Waals surface area (Å²) in [7, 11) is -2.21. The quantitative estimate of drug-likeness (QED) is 0.591. The van der Waals surface area contributed by atoms with Crippen molar-refractivity contribution in [1.82, 2.24) is 5.32 Å². The van der Waals surface area contributed by atoms with E-state index in [1.165, 1.54) is 24.3 Å². The molecule has 29 heavy (non-hydrogen) atoms. The van der Waals surface area contributed by atoms with Gasteiger partial charge < -0.3 is 10.1 Å². The van der Waals surface area contributed by atoms with Gasteiger partial charge in [0.1, 0.15) is 5.75 Å². The average molecular weight is 431 g/mol. The van der Waals surface area contributed by atoms with Gasteiger partial charge in [0, 0.05) is 28.4 Å². The van der Waals surface area contributed by atoms with Crippen LogP contribution < -0.4 is 14.8 Å². The van der Waals surface area contributed by atoms with E-state index in [0.717, 1.165) is 5.56 Å². The van der Waals surface area contributed by atoms with Gasteiger partial charge in [0.2, 0.25) is 0 Å². The topological polar surface area (TPSA) is 84.5 Å². The third kappa shape index (κ3) is 5.28. The maximum absolute atomic E-state index is 12.5. The summed E-state index contributed by atoms with van der Waals surface area (Å²) in [5.41, 5.74) is 1.59. The number of hydrogen-bond donors (Lipinski definition) is 2. The van der Waals surface area contributed by atoms with Crippen molar-refractivity contribution in [3.05, 3.63) is 88.9 Å². The average Bonchev–Trinajstić information content (AvgIpc) is 2.74. The summed E-state index contributed by atoms with van der Waals surface area (Å²) in [6.45, 7) is 0.293. The minimum atomic E-state index is -3.77. The lowest BCUT2D eigenvalue weighted by Gasteiger charge is -2.11. The first-order valence-corrected chi connectivity index (χ1v) is 10.5. The largest absolute Gasteiger partial charge is 0.496 e. The molecule has 0 unspecified atom stereocenters. The zero-order valence-electron chi connectivity index (χ0n) is 15.6. The third-order valence-electron chi connectivity index (χ3n) is 4.16. The summed E-state index contributed by atoms with van der Waals surface area (Å²) in [5, 5.41) is 3.31. The molecule has 0 aliphatic heterocycles. The van der Waals surface area contributed by atoms with E-state index in [1.807, 2.05) is 24.3 Å². The molecule has 0 saturated carbocycles. The van der Waals surface area contributed by atoms with Crippen LogP contribution in [0.25, 0.3) is 0 Å². The fraction of sp³-hybridized carbons (Fsp3) is 0.0952. The highest BCUT2D eigenvalue weighted by molar-refractivity contribution is 7.92. The highest BCUT2D eigenvalue weighted by atomic mass is 35.5. The number of sulfonamides is 1. The molecule has 2 N–H and O–H groups in total. The minimum Gasteiger partial charge on any atom is -0.496 e. The van der Waals surface area contributed by atoms with Gasteiger partial charge in [-0.1, -0.05) is 29.8 Å². The Kier molecular flexibility index (Phi) is 6.41. The molecule has 1 amide bonds. The lowest BCUT2D eigenvalue weighted by Crippen LogP contribution is -2.23. The van der Waals surface area contributed by atoms with Gasteiger partial charge in [-0.15, -0.1) is 0 Å². The van der Waals surface area contributed by atoms with Gasteiger partial charge in [0.25, 0.3) is 15.9 Å². The standard InChI is InChI=1S/C21H19ClN2O4S/c1-28-20-5-3-2-4-16(20)14-23-21(25)15-6-12-19(13-7-15)29(26,27)24-18-10-8-17(22)9-11-18/h2-13,24H,14H2,1H3,(H,23,25). The van der Waals surface area contributed by atoms with Gasteiger partial charge in [-0.3, -0.25) is 9.52 Å². The number of rotatable bonds is 7. The summed E-state index contributed by atoms with van der Waals surface area (Å²) in [6, 6.07) is 19.4. The number of amides is 1.